The molecule has 0 aliphatic carbocycles. The van der Waals surface area contributed by atoms with E-state index < -0.39 is 11.9 Å². The summed E-state index contributed by atoms with van der Waals surface area (Å²) in [6.07, 6.45) is -0.117. The highest BCUT2D eigenvalue weighted by atomic mass is 16.1. The summed E-state index contributed by atoms with van der Waals surface area (Å²) in [6, 6.07) is 7.76. The van der Waals surface area contributed by atoms with Crippen molar-refractivity contribution in [1.82, 2.24) is 0 Å². The summed E-state index contributed by atoms with van der Waals surface area (Å²) < 4.78 is 0. The maximum atomic E-state index is 11.5. The molecule has 1 aromatic carbocycles. The molecule has 1 aromatic rings. The number of nitrogens with two attached hydrogens (primary N) is 2. The van der Waals surface area contributed by atoms with Crippen LogP contribution >= 0.6 is 0 Å². The van der Waals surface area contributed by atoms with Gasteiger partial charge in [-0.15, -0.1) is 0 Å². The third-order valence-corrected chi connectivity index (χ3v) is 1.82. The number of rotatable bonds is 4. The van der Waals surface area contributed by atoms with Gasteiger partial charge in [0.05, 0.1) is 6.04 Å². The first-order chi connectivity index (χ1) is 6.61. The molecule has 14 heavy (non-hydrogen) atoms. The van der Waals surface area contributed by atoms with Gasteiger partial charge in [-0.05, 0) is 0 Å². The van der Waals surface area contributed by atoms with Crippen molar-refractivity contribution in [3.05, 3.63) is 35.9 Å². The molecule has 0 bridgehead atoms. The average Bonchev–Trinajstić information content (AvgIpc) is 2.17. The first-order valence-corrected chi connectivity index (χ1v) is 4.24. The molecule has 0 spiro atoms. The summed E-state index contributed by atoms with van der Waals surface area (Å²) in [4.78, 5) is 22.1. The maximum Gasteiger partial charge on any atom is 0.219 e. The molecular weight excluding hydrogens is 180 g/mol. The van der Waals surface area contributed by atoms with Crippen LogP contribution in [0.5, 0.6) is 0 Å². The number of hydrogen-bond donors (Lipinski definition) is 2. The summed E-state index contributed by atoms with van der Waals surface area (Å²) in [5.41, 5.74) is 10.9. The molecule has 0 heterocycles. The number of carbonyl (C=O) groups excluding carboxylic acids is 2. The molecule has 0 aliphatic heterocycles. The molecule has 4 nitrogen and oxygen atoms in total. The van der Waals surface area contributed by atoms with E-state index in [1.807, 2.05) is 0 Å². The fraction of sp³-hybridized carbons (Fsp3) is 0.200. The van der Waals surface area contributed by atoms with Crippen LogP contribution in [0.3, 0.4) is 0 Å². The lowest BCUT2D eigenvalue weighted by atomic mass is 10.0. The number of primary amides is 1. The standard InChI is InChI=1S/C10H12N2O2/c11-8(6-9(12)13)10(14)7-4-2-1-3-5-7/h1-5,8H,6,11H2,(H2,12,13)/t8-/m0/s1. The van der Waals surface area contributed by atoms with Crippen molar-refractivity contribution in [2.24, 2.45) is 11.5 Å². The highest BCUT2D eigenvalue weighted by molar-refractivity contribution is 6.01. The minimum atomic E-state index is -0.838. The monoisotopic (exact) mass is 192 g/mol. The first-order valence-electron chi connectivity index (χ1n) is 4.24. The van der Waals surface area contributed by atoms with E-state index in [9.17, 15) is 9.59 Å². The maximum absolute atomic E-state index is 11.5. The van der Waals surface area contributed by atoms with Crippen molar-refractivity contribution in [3.63, 3.8) is 0 Å². The Labute approximate surface area is 81.9 Å². The number of Topliss-reactive ketones (excluding diaryl/α,β-unsaturated/α-hetero) is 1. The largest absolute Gasteiger partial charge is 0.370 e. The zero-order valence-electron chi connectivity index (χ0n) is 7.64. The van der Waals surface area contributed by atoms with Crippen LogP contribution in [-0.4, -0.2) is 17.7 Å². The minimum Gasteiger partial charge on any atom is -0.370 e. The molecule has 0 aliphatic rings. The molecule has 0 fully saturated rings. The highest BCUT2D eigenvalue weighted by Crippen LogP contribution is 2.03. The van der Waals surface area contributed by atoms with E-state index in [1.54, 1.807) is 30.3 Å². The van der Waals surface area contributed by atoms with Crippen LogP contribution < -0.4 is 11.5 Å². The summed E-state index contributed by atoms with van der Waals surface area (Å²) in [7, 11) is 0. The summed E-state index contributed by atoms with van der Waals surface area (Å²) in [6.45, 7) is 0. The molecule has 0 saturated carbocycles. The third kappa shape index (κ3) is 2.67. The Hall–Kier alpha value is -1.68. The number of hydrogen-bond acceptors (Lipinski definition) is 3. The third-order valence-electron chi connectivity index (χ3n) is 1.82. The van der Waals surface area contributed by atoms with E-state index in [1.165, 1.54) is 0 Å². The lowest BCUT2D eigenvalue weighted by Crippen LogP contribution is -2.35. The first kappa shape index (κ1) is 10.4. The summed E-state index contributed by atoms with van der Waals surface area (Å²) >= 11 is 0. The molecule has 4 heteroatoms. The highest BCUT2D eigenvalue weighted by Gasteiger charge is 2.16. The van der Waals surface area contributed by atoms with Crippen LogP contribution in [0.25, 0.3) is 0 Å². The van der Waals surface area contributed by atoms with Gasteiger partial charge in [0.25, 0.3) is 0 Å². The van der Waals surface area contributed by atoms with E-state index in [0.717, 1.165) is 0 Å². The Morgan fingerprint density at radius 3 is 2.29 bits per heavy atom. The fourth-order valence-corrected chi connectivity index (χ4v) is 1.13. The molecule has 74 valence electrons. The lowest BCUT2D eigenvalue weighted by Gasteiger charge is -2.07. The Balaban J connectivity index is 2.71. The zero-order valence-corrected chi connectivity index (χ0v) is 7.64. The molecular formula is C10H12N2O2. The van der Waals surface area contributed by atoms with Crippen LogP contribution in [0.15, 0.2) is 30.3 Å². The Morgan fingerprint density at radius 2 is 1.79 bits per heavy atom. The predicted molar refractivity (Wildman–Crippen MR) is 52.6 cm³/mol. The normalized spacial score (nSPS) is 12.1. The van der Waals surface area contributed by atoms with Crippen molar-refractivity contribution in [3.8, 4) is 0 Å². The van der Waals surface area contributed by atoms with Gasteiger partial charge in [0.15, 0.2) is 5.78 Å². The summed E-state index contributed by atoms with van der Waals surface area (Å²) in [5, 5.41) is 0. The van der Waals surface area contributed by atoms with Crippen LogP contribution in [0, 0.1) is 0 Å². The predicted octanol–water partition coefficient (Wildman–Crippen LogP) is 0.0720. The molecule has 4 N–H and O–H groups in total. The van der Waals surface area contributed by atoms with Crippen LogP contribution in [0.1, 0.15) is 16.8 Å². The molecule has 1 rings (SSSR count). The second-order valence-electron chi connectivity index (χ2n) is 3.01. The van der Waals surface area contributed by atoms with Crippen molar-refractivity contribution in [2.45, 2.75) is 12.5 Å². The Kier molecular flexibility index (Phi) is 3.36. The SMILES string of the molecule is NC(=O)C[C@H](N)C(=O)c1ccccc1. The van der Waals surface area contributed by atoms with Gasteiger partial charge in [0, 0.05) is 12.0 Å². The van der Waals surface area contributed by atoms with Crippen molar-refractivity contribution in [1.29, 1.82) is 0 Å². The van der Waals surface area contributed by atoms with Gasteiger partial charge < -0.3 is 11.5 Å². The van der Waals surface area contributed by atoms with E-state index in [-0.39, 0.29) is 12.2 Å². The number of benzene rings is 1. The van der Waals surface area contributed by atoms with E-state index in [2.05, 4.69) is 0 Å². The molecule has 0 saturated heterocycles. The minimum absolute atomic E-state index is 0.117. The van der Waals surface area contributed by atoms with Gasteiger partial charge in [0.1, 0.15) is 0 Å². The smallest absolute Gasteiger partial charge is 0.219 e. The van der Waals surface area contributed by atoms with Crippen molar-refractivity contribution >= 4 is 11.7 Å². The Bertz CT molecular complexity index is 335. The number of ketones is 1. The van der Waals surface area contributed by atoms with Crippen molar-refractivity contribution < 1.29 is 9.59 Å². The average molecular weight is 192 g/mol. The lowest BCUT2D eigenvalue weighted by molar-refractivity contribution is -0.118. The number of carbonyl (C=O) groups is 2. The van der Waals surface area contributed by atoms with Crippen LogP contribution in [-0.2, 0) is 4.79 Å². The second-order valence-corrected chi connectivity index (χ2v) is 3.01. The Morgan fingerprint density at radius 1 is 1.21 bits per heavy atom. The van der Waals surface area contributed by atoms with Gasteiger partial charge in [-0.1, -0.05) is 30.3 Å². The molecule has 0 radical (unpaired) electrons. The number of amides is 1. The molecule has 1 amide bonds. The van der Waals surface area contributed by atoms with Gasteiger partial charge in [0.2, 0.25) is 5.91 Å². The van der Waals surface area contributed by atoms with Crippen molar-refractivity contribution in [2.75, 3.05) is 0 Å². The summed E-state index contributed by atoms with van der Waals surface area (Å²) in [5.74, 6) is -0.828. The van der Waals surface area contributed by atoms with E-state index >= 15 is 0 Å². The fourth-order valence-electron chi connectivity index (χ4n) is 1.13. The van der Waals surface area contributed by atoms with Crippen LogP contribution in [0.4, 0.5) is 0 Å². The van der Waals surface area contributed by atoms with E-state index in [4.69, 9.17) is 11.5 Å². The quantitative estimate of drug-likeness (QED) is 0.662. The topological polar surface area (TPSA) is 86.2 Å². The van der Waals surface area contributed by atoms with Gasteiger partial charge in [-0.25, -0.2) is 0 Å². The van der Waals surface area contributed by atoms with Gasteiger partial charge in [-0.2, -0.15) is 0 Å². The second kappa shape index (κ2) is 4.53. The van der Waals surface area contributed by atoms with Gasteiger partial charge in [-0.3, -0.25) is 9.59 Å². The molecule has 0 unspecified atom stereocenters. The van der Waals surface area contributed by atoms with Gasteiger partial charge >= 0.3 is 0 Å². The molecule has 0 aromatic heterocycles. The zero-order chi connectivity index (χ0) is 10.6. The van der Waals surface area contributed by atoms with E-state index in [0.29, 0.717) is 5.56 Å². The molecule has 1 atom stereocenters. The van der Waals surface area contributed by atoms with Crippen LogP contribution in [0.2, 0.25) is 0 Å².